The molecule has 4 rings (SSSR count). The van der Waals surface area contributed by atoms with Crippen molar-refractivity contribution in [3.63, 3.8) is 0 Å². The molecule has 4 nitrogen and oxygen atoms in total. The molecule has 0 bridgehead atoms. The van der Waals surface area contributed by atoms with Crippen LogP contribution in [0.15, 0.2) is 41.1 Å². The monoisotopic (exact) mass is 413 g/mol. The van der Waals surface area contributed by atoms with E-state index in [0.29, 0.717) is 10.7 Å². The number of hydrogen-bond donors (Lipinski definition) is 1. The van der Waals surface area contributed by atoms with Gasteiger partial charge in [0.2, 0.25) is 0 Å². The van der Waals surface area contributed by atoms with E-state index in [-0.39, 0.29) is 5.91 Å². The van der Waals surface area contributed by atoms with Crippen LogP contribution < -0.4 is 5.32 Å². The van der Waals surface area contributed by atoms with Crippen molar-refractivity contribution in [2.24, 2.45) is 0 Å². The topological polar surface area (TPSA) is 54.9 Å². The van der Waals surface area contributed by atoms with Crippen molar-refractivity contribution in [2.45, 2.75) is 26.2 Å². The van der Waals surface area contributed by atoms with Crippen LogP contribution in [0.25, 0.3) is 10.4 Å². The van der Waals surface area contributed by atoms with Crippen LogP contribution >= 0.6 is 27.3 Å². The number of aromatic nitrogens is 2. The number of carbonyl (C=O) groups excluding carboxylic acids is 1. The van der Waals surface area contributed by atoms with E-state index in [4.69, 9.17) is 4.98 Å². The number of benzene rings is 1. The molecule has 0 aliphatic heterocycles. The smallest absolute Gasteiger partial charge is 0.257 e. The van der Waals surface area contributed by atoms with Crippen molar-refractivity contribution in [2.75, 3.05) is 5.32 Å². The molecule has 1 N–H and O–H groups in total. The van der Waals surface area contributed by atoms with Gasteiger partial charge in [-0.15, -0.1) is 0 Å². The Morgan fingerprint density at radius 2 is 2.16 bits per heavy atom. The van der Waals surface area contributed by atoms with Gasteiger partial charge in [-0.3, -0.25) is 15.1 Å². The Balaban J connectivity index is 1.69. The van der Waals surface area contributed by atoms with Gasteiger partial charge in [-0.25, -0.2) is 4.98 Å². The maximum atomic E-state index is 12.5. The van der Waals surface area contributed by atoms with E-state index < -0.39 is 0 Å². The molecule has 0 saturated heterocycles. The molecule has 0 saturated carbocycles. The summed E-state index contributed by atoms with van der Waals surface area (Å²) in [5.74, 6) is -0.140. The zero-order valence-electron chi connectivity index (χ0n) is 13.7. The summed E-state index contributed by atoms with van der Waals surface area (Å²) in [4.78, 5) is 22.4. The number of thiazole rings is 1. The molecule has 2 heterocycles. The highest BCUT2D eigenvalue weighted by molar-refractivity contribution is 9.10. The van der Waals surface area contributed by atoms with Gasteiger partial charge < -0.3 is 0 Å². The number of halogens is 1. The Hall–Kier alpha value is -2.05. The van der Waals surface area contributed by atoms with Gasteiger partial charge in [-0.1, -0.05) is 39.4 Å². The second-order valence-electron chi connectivity index (χ2n) is 6.06. The van der Waals surface area contributed by atoms with E-state index in [1.54, 1.807) is 29.8 Å². The van der Waals surface area contributed by atoms with Gasteiger partial charge in [0.1, 0.15) is 0 Å². The minimum atomic E-state index is -0.140. The summed E-state index contributed by atoms with van der Waals surface area (Å²) in [6.45, 7) is 1.88. The second-order valence-corrected chi connectivity index (χ2v) is 7.91. The normalized spacial score (nSPS) is 12.9. The van der Waals surface area contributed by atoms with Gasteiger partial charge in [-0.05, 0) is 55.0 Å². The van der Waals surface area contributed by atoms with Gasteiger partial charge in [0, 0.05) is 22.4 Å². The highest BCUT2D eigenvalue weighted by atomic mass is 79.9. The first kappa shape index (κ1) is 16.4. The molecule has 3 aromatic rings. The highest BCUT2D eigenvalue weighted by Crippen LogP contribution is 2.40. The summed E-state index contributed by atoms with van der Waals surface area (Å²) in [7, 11) is 0. The van der Waals surface area contributed by atoms with Gasteiger partial charge in [0.05, 0.1) is 10.6 Å². The van der Waals surface area contributed by atoms with Crippen molar-refractivity contribution < 1.29 is 4.79 Å². The average Bonchev–Trinajstić information content (AvgIpc) is 2.90. The SMILES string of the molecule is Cc1cnccc1C(=O)Nc1nc2c(s1)-c1cccc(Br)c1CCC2. The van der Waals surface area contributed by atoms with Crippen LogP contribution in [0.2, 0.25) is 0 Å². The number of carbonyl (C=O) groups is 1. The number of aryl methyl sites for hydroxylation is 2. The molecule has 2 aromatic heterocycles. The largest absolute Gasteiger partial charge is 0.298 e. The Bertz CT molecular complexity index is 967. The summed E-state index contributed by atoms with van der Waals surface area (Å²) in [6, 6.07) is 8.01. The highest BCUT2D eigenvalue weighted by Gasteiger charge is 2.21. The average molecular weight is 414 g/mol. The molecule has 126 valence electrons. The summed E-state index contributed by atoms with van der Waals surface area (Å²) >= 11 is 5.21. The first-order valence-electron chi connectivity index (χ1n) is 8.13. The van der Waals surface area contributed by atoms with Crippen molar-refractivity contribution >= 4 is 38.3 Å². The number of hydrogen-bond acceptors (Lipinski definition) is 4. The van der Waals surface area contributed by atoms with E-state index in [0.717, 1.165) is 39.9 Å². The third-order valence-electron chi connectivity index (χ3n) is 4.39. The Labute approximate surface area is 158 Å². The summed E-state index contributed by atoms with van der Waals surface area (Å²) in [5, 5.41) is 3.60. The third kappa shape index (κ3) is 3.12. The zero-order chi connectivity index (χ0) is 17.4. The predicted molar refractivity (Wildman–Crippen MR) is 104 cm³/mol. The number of fused-ring (bicyclic) bond motifs is 3. The minimum Gasteiger partial charge on any atom is -0.298 e. The lowest BCUT2D eigenvalue weighted by Crippen LogP contribution is -2.13. The fourth-order valence-electron chi connectivity index (χ4n) is 3.14. The molecule has 1 aliphatic rings. The van der Waals surface area contributed by atoms with Crippen LogP contribution in [0.1, 0.15) is 33.6 Å². The van der Waals surface area contributed by atoms with Crippen LogP contribution in [0.3, 0.4) is 0 Å². The molecule has 1 amide bonds. The van der Waals surface area contributed by atoms with E-state index in [1.807, 2.05) is 6.92 Å². The van der Waals surface area contributed by atoms with Crippen LogP contribution in [-0.2, 0) is 12.8 Å². The van der Waals surface area contributed by atoms with E-state index in [1.165, 1.54) is 11.1 Å². The van der Waals surface area contributed by atoms with Crippen molar-refractivity contribution in [1.82, 2.24) is 9.97 Å². The van der Waals surface area contributed by atoms with Crippen LogP contribution in [-0.4, -0.2) is 15.9 Å². The molecule has 0 unspecified atom stereocenters. The number of pyridine rings is 1. The number of nitrogens with one attached hydrogen (secondary N) is 1. The molecular weight excluding hydrogens is 398 g/mol. The quantitative estimate of drug-likeness (QED) is 0.641. The Morgan fingerprint density at radius 3 is 3.00 bits per heavy atom. The molecule has 0 atom stereocenters. The molecule has 6 heteroatoms. The maximum Gasteiger partial charge on any atom is 0.257 e. The molecule has 25 heavy (non-hydrogen) atoms. The van der Waals surface area contributed by atoms with E-state index in [2.05, 4.69) is 44.4 Å². The van der Waals surface area contributed by atoms with E-state index in [9.17, 15) is 4.79 Å². The molecule has 0 fully saturated rings. The lowest BCUT2D eigenvalue weighted by atomic mass is 10.0. The lowest BCUT2D eigenvalue weighted by molar-refractivity contribution is 0.102. The molecule has 1 aliphatic carbocycles. The molecule has 1 aromatic carbocycles. The summed E-state index contributed by atoms with van der Waals surface area (Å²) < 4.78 is 1.14. The fraction of sp³-hybridized carbons (Fsp3) is 0.211. The Kier molecular flexibility index (Phi) is 4.39. The first-order chi connectivity index (χ1) is 12.1. The summed E-state index contributed by atoms with van der Waals surface area (Å²) in [6.07, 6.45) is 6.35. The van der Waals surface area contributed by atoms with Crippen molar-refractivity contribution in [3.8, 4) is 10.4 Å². The van der Waals surface area contributed by atoms with Crippen LogP contribution in [0, 0.1) is 6.92 Å². The fourth-order valence-corrected chi connectivity index (χ4v) is 4.76. The standard InChI is InChI=1S/C19H16BrN3OS/c1-11-10-21-9-8-12(11)18(24)23-19-22-16-7-3-4-13-14(17(16)25-19)5-2-6-15(13)20/h2,5-6,8-10H,3-4,7H2,1H3,(H,22,23,24). The predicted octanol–water partition coefficient (Wildman–Crippen LogP) is 5.02. The number of amides is 1. The molecular formula is C19H16BrN3OS. The van der Waals surface area contributed by atoms with Crippen LogP contribution in [0.5, 0.6) is 0 Å². The lowest BCUT2D eigenvalue weighted by Gasteiger charge is -2.07. The van der Waals surface area contributed by atoms with Crippen molar-refractivity contribution in [3.05, 3.63) is 63.5 Å². The summed E-state index contributed by atoms with van der Waals surface area (Å²) in [5.41, 5.74) is 5.10. The van der Waals surface area contributed by atoms with Crippen molar-refractivity contribution in [1.29, 1.82) is 0 Å². The maximum absolute atomic E-state index is 12.5. The molecule has 0 spiro atoms. The number of nitrogens with zero attached hydrogens (tertiary/aromatic N) is 2. The minimum absolute atomic E-state index is 0.140. The number of rotatable bonds is 2. The zero-order valence-corrected chi connectivity index (χ0v) is 16.1. The molecule has 0 radical (unpaired) electrons. The van der Waals surface area contributed by atoms with E-state index >= 15 is 0 Å². The van der Waals surface area contributed by atoms with Gasteiger partial charge >= 0.3 is 0 Å². The van der Waals surface area contributed by atoms with Gasteiger partial charge in [0.25, 0.3) is 5.91 Å². The Morgan fingerprint density at radius 1 is 1.28 bits per heavy atom. The number of anilines is 1. The van der Waals surface area contributed by atoms with Gasteiger partial charge in [-0.2, -0.15) is 0 Å². The van der Waals surface area contributed by atoms with Gasteiger partial charge in [0.15, 0.2) is 5.13 Å². The first-order valence-corrected chi connectivity index (χ1v) is 9.74. The third-order valence-corrected chi connectivity index (χ3v) is 6.18. The van der Waals surface area contributed by atoms with Crippen LogP contribution in [0.4, 0.5) is 5.13 Å². The second kappa shape index (κ2) is 6.69.